The summed E-state index contributed by atoms with van der Waals surface area (Å²) in [5.41, 5.74) is 10.2. The Hall–Kier alpha value is -2.31. The fraction of sp³-hybridized carbons (Fsp3) is 0.345. The molecule has 1 amide bonds. The van der Waals surface area contributed by atoms with Gasteiger partial charge in [-0.25, -0.2) is 4.72 Å². The Morgan fingerprint density at radius 1 is 1.09 bits per heavy atom. The molecule has 35 heavy (non-hydrogen) atoms. The van der Waals surface area contributed by atoms with Crippen LogP contribution in [0.4, 0.5) is 0 Å². The molecule has 1 heterocycles. The molecule has 0 aliphatic carbocycles. The van der Waals surface area contributed by atoms with Gasteiger partial charge in [-0.2, -0.15) is 0 Å². The topological polar surface area (TPSA) is 58.4 Å². The van der Waals surface area contributed by atoms with E-state index < -0.39 is 0 Å². The summed E-state index contributed by atoms with van der Waals surface area (Å²) in [5, 5.41) is 0.730. The number of benzene rings is 3. The van der Waals surface area contributed by atoms with E-state index in [0.717, 1.165) is 59.9 Å². The normalized spacial score (nSPS) is 15.2. The average molecular weight is 508 g/mol. The molecule has 0 spiro atoms. The van der Waals surface area contributed by atoms with Crippen molar-refractivity contribution in [3.8, 4) is 11.1 Å². The van der Waals surface area contributed by atoms with E-state index in [9.17, 15) is 4.79 Å². The molecular formula is C29H34ClN3OS. The van der Waals surface area contributed by atoms with Gasteiger partial charge in [-0.1, -0.05) is 71.8 Å². The summed E-state index contributed by atoms with van der Waals surface area (Å²) >= 11 is 7.93. The number of hydrogen-bond acceptors (Lipinski definition) is 4. The van der Waals surface area contributed by atoms with Crippen LogP contribution in [0.2, 0.25) is 5.02 Å². The number of nitrogens with zero attached hydrogens (tertiary/aromatic N) is 1. The first-order chi connectivity index (χ1) is 17.0. The number of amides is 1. The first-order valence-corrected chi connectivity index (χ1v) is 13.5. The van der Waals surface area contributed by atoms with Crippen molar-refractivity contribution in [2.45, 2.75) is 43.5 Å². The number of hydrogen-bond donors (Lipinski definition) is 2. The van der Waals surface area contributed by atoms with Crippen LogP contribution in [0.1, 0.15) is 30.4 Å². The Morgan fingerprint density at radius 2 is 1.86 bits per heavy atom. The number of aryl methyl sites for hydroxylation is 1. The zero-order valence-corrected chi connectivity index (χ0v) is 21.8. The lowest BCUT2D eigenvalue weighted by molar-refractivity contribution is -0.134. The number of carbonyl (C=O) groups is 1. The molecule has 3 aromatic rings. The summed E-state index contributed by atoms with van der Waals surface area (Å²) in [5.74, 6) is 0.807. The Bertz CT molecular complexity index is 1130. The molecule has 6 heteroatoms. The summed E-state index contributed by atoms with van der Waals surface area (Å²) in [7, 11) is 0. The van der Waals surface area contributed by atoms with Gasteiger partial charge in [0.05, 0.1) is 0 Å². The smallest absolute Gasteiger partial charge is 0.240 e. The summed E-state index contributed by atoms with van der Waals surface area (Å²) < 4.78 is 3.50. The van der Waals surface area contributed by atoms with Gasteiger partial charge in [0.1, 0.15) is 6.04 Å². The van der Waals surface area contributed by atoms with Gasteiger partial charge in [0, 0.05) is 28.6 Å². The maximum Gasteiger partial charge on any atom is 0.240 e. The van der Waals surface area contributed by atoms with Crippen molar-refractivity contribution >= 4 is 29.5 Å². The van der Waals surface area contributed by atoms with Crippen LogP contribution in [0.25, 0.3) is 11.1 Å². The van der Waals surface area contributed by atoms with Crippen molar-refractivity contribution in [1.29, 1.82) is 0 Å². The number of likely N-dealkylation sites (tertiary alicyclic amines) is 1. The van der Waals surface area contributed by atoms with E-state index in [2.05, 4.69) is 54.1 Å². The summed E-state index contributed by atoms with van der Waals surface area (Å²) in [4.78, 5) is 16.7. The van der Waals surface area contributed by atoms with Gasteiger partial charge >= 0.3 is 0 Å². The van der Waals surface area contributed by atoms with E-state index in [4.69, 9.17) is 17.3 Å². The quantitative estimate of drug-likeness (QED) is 0.343. The lowest BCUT2D eigenvalue weighted by atomic mass is 9.93. The van der Waals surface area contributed by atoms with Crippen molar-refractivity contribution in [2.75, 3.05) is 19.6 Å². The van der Waals surface area contributed by atoms with Gasteiger partial charge in [0.25, 0.3) is 0 Å². The molecule has 184 valence electrons. The van der Waals surface area contributed by atoms with Crippen LogP contribution in [-0.4, -0.2) is 36.5 Å². The Morgan fingerprint density at radius 3 is 2.60 bits per heavy atom. The van der Waals surface area contributed by atoms with Crippen LogP contribution >= 0.6 is 23.5 Å². The third kappa shape index (κ3) is 7.11. The zero-order valence-electron chi connectivity index (χ0n) is 20.3. The zero-order chi connectivity index (χ0) is 24.6. The van der Waals surface area contributed by atoms with E-state index in [1.807, 2.05) is 35.2 Å². The van der Waals surface area contributed by atoms with Crippen molar-refractivity contribution in [1.82, 2.24) is 9.62 Å². The van der Waals surface area contributed by atoms with Crippen LogP contribution in [-0.2, 0) is 11.2 Å². The van der Waals surface area contributed by atoms with E-state index in [1.54, 1.807) is 0 Å². The van der Waals surface area contributed by atoms with Gasteiger partial charge in [-0.3, -0.25) is 4.79 Å². The first-order valence-electron chi connectivity index (χ1n) is 12.3. The molecule has 0 saturated carbocycles. The molecule has 4 nitrogen and oxygen atoms in total. The minimum absolute atomic E-state index is 0.174. The number of nitrogens with one attached hydrogen (secondary N) is 1. The van der Waals surface area contributed by atoms with E-state index >= 15 is 0 Å². The third-order valence-electron chi connectivity index (χ3n) is 6.66. The van der Waals surface area contributed by atoms with Gasteiger partial charge in [-0.05, 0) is 86.3 Å². The number of rotatable bonds is 9. The van der Waals surface area contributed by atoms with E-state index in [-0.39, 0.29) is 11.9 Å². The van der Waals surface area contributed by atoms with Gasteiger partial charge < -0.3 is 10.6 Å². The minimum Gasteiger partial charge on any atom is -0.341 e. The van der Waals surface area contributed by atoms with Crippen LogP contribution in [0, 0.1) is 12.8 Å². The standard InChI is InChI=1S/C29H34ClN3OS/c1-21-6-4-7-23(18-21)19-28(29(34)33-16-13-22(12-15-31)14-17-33)32-35-25-9-5-8-24(20-25)26-10-2-3-11-27(26)30/h2-11,18,20,22,28,32H,12-17,19,31H2,1H3. The third-order valence-corrected chi connectivity index (χ3v) is 7.88. The van der Waals surface area contributed by atoms with Crippen molar-refractivity contribution < 1.29 is 4.79 Å². The molecule has 4 rings (SSSR count). The molecule has 0 radical (unpaired) electrons. The maximum atomic E-state index is 13.6. The van der Waals surface area contributed by atoms with Gasteiger partial charge in [0.2, 0.25) is 5.91 Å². The average Bonchev–Trinajstić information content (AvgIpc) is 2.87. The largest absolute Gasteiger partial charge is 0.341 e. The highest BCUT2D eigenvalue weighted by Crippen LogP contribution is 2.30. The fourth-order valence-electron chi connectivity index (χ4n) is 4.71. The highest BCUT2D eigenvalue weighted by Gasteiger charge is 2.28. The SMILES string of the molecule is Cc1cccc(CC(NSc2cccc(-c3ccccc3Cl)c2)C(=O)N2CCC(CCN)CC2)c1. The molecule has 1 unspecified atom stereocenters. The molecule has 0 aromatic heterocycles. The van der Waals surface area contributed by atoms with E-state index in [0.29, 0.717) is 12.3 Å². The molecule has 1 aliphatic rings. The second-order valence-electron chi connectivity index (χ2n) is 9.32. The highest BCUT2D eigenvalue weighted by molar-refractivity contribution is 7.97. The molecule has 3 aromatic carbocycles. The first kappa shape index (κ1) is 25.8. The van der Waals surface area contributed by atoms with Crippen molar-refractivity contribution in [2.24, 2.45) is 11.7 Å². The molecular weight excluding hydrogens is 474 g/mol. The van der Waals surface area contributed by atoms with Crippen molar-refractivity contribution in [3.05, 3.63) is 88.9 Å². The Balaban J connectivity index is 1.48. The maximum absolute atomic E-state index is 13.6. The summed E-state index contributed by atoms with van der Waals surface area (Å²) in [6.07, 6.45) is 3.77. The van der Waals surface area contributed by atoms with Gasteiger partial charge in [0.15, 0.2) is 0 Å². The Kier molecular flexibility index (Phi) is 9.27. The predicted octanol–water partition coefficient (Wildman–Crippen LogP) is 6.11. The summed E-state index contributed by atoms with van der Waals surface area (Å²) in [6, 6.07) is 24.2. The number of piperidine rings is 1. The lowest BCUT2D eigenvalue weighted by Gasteiger charge is -2.34. The fourth-order valence-corrected chi connectivity index (χ4v) is 5.75. The second-order valence-corrected chi connectivity index (χ2v) is 10.6. The molecule has 1 aliphatic heterocycles. The molecule has 1 fully saturated rings. The number of carbonyl (C=O) groups excluding carboxylic acids is 1. The molecule has 1 atom stereocenters. The Labute approximate surface area is 218 Å². The highest BCUT2D eigenvalue weighted by atomic mass is 35.5. The second kappa shape index (κ2) is 12.6. The van der Waals surface area contributed by atoms with Crippen LogP contribution in [0.3, 0.4) is 0 Å². The van der Waals surface area contributed by atoms with Crippen molar-refractivity contribution in [3.63, 3.8) is 0 Å². The molecule has 0 bridgehead atoms. The summed E-state index contributed by atoms with van der Waals surface area (Å²) in [6.45, 7) is 4.43. The number of halogens is 1. The monoisotopic (exact) mass is 507 g/mol. The van der Waals surface area contributed by atoms with Gasteiger partial charge in [-0.15, -0.1) is 0 Å². The molecule has 1 saturated heterocycles. The van der Waals surface area contributed by atoms with Crippen LogP contribution in [0.15, 0.2) is 77.7 Å². The van der Waals surface area contributed by atoms with Crippen LogP contribution in [0.5, 0.6) is 0 Å². The predicted molar refractivity (Wildman–Crippen MR) is 148 cm³/mol. The number of nitrogens with two attached hydrogens (primary N) is 1. The van der Waals surface area contributed by atoms with Crippen LogP contribution < -0.4 is 10.5 Å². The lowest BCUT2D eigenvalue weighted by Crippen LogP contribution is -2.48. The minimum atomic E-state index is -0.308. The molecule has 3 N–H and O–H groups in total. The van der Waals surface area contributed by atoms with E-state index in [1.165, 1.54) is 23.1 Å².